The van der Waals surface area contributed by atoms with E-state index in [9.17, 15) is 27.2 Å². The van der Waals surface area contributed by atoms with Crippen molar-refractivity contribution in [2.75, 3.05) is 49.7 Å². The van der Waals surface area contributed by atoms with Crippen LogP contribution in [0, 0.1) is 11.7 Å². The van der Waals surface area contributed by atoms with E-state index < -0.39 is 35.6 Å². The highest BCUT2D eigenvalue weighted by molar-refractivity contribution is 6.31. The second-order valence-corrected chi connectivity index (χ2v) is 10.1. The minimum absolute atomic E-state index is 0.0176. The molecule has 3 heterocycles. The van der Waals surface area contributed by atoms with Gasteiger partial charge in [-0.1, -0.05) is 11.6 Å². The van der Waals surface area contributed by atoms with Crippen molar-refractivity contribution in [3.05, 3.63) is 40.9 Å². The molecule has 14 heteroatoms. The van der Waals surface area contributed by atoms with Crippen LogP contribution in [0.3, 0.4) is 0 Å². The number of amides is 2. The van der Waals surface area contributed by atoms with Gasteiger partial charge in [-0.05, 0) is 37.5 Å². The highest BCUT2D eigenvalue weighted by atomic mass is 35.5. The number of carbonyl (C=O) groups excluding carboxylic acids is 2. The quantitative estimate of drug-likeness (QED) is 0.543. The molecule has 3 N–H and O–H groups in total. The Morgan fingerprint density at radius 2 is 1.92 bits per heavy atom. The summed E-state index contributed by atoms with van der Waals surface area (Å²) in [7, 11) is 3.24. The number of aromatic nitrogens is 2. The van der Waals surface area contributed by atoms with Gasteiger partial charge in [-0.25, -0.2) is 9.97 Å². The molecule has 0 bridgehead atoms. The molecule has 2 amide bonds. The van der Waals surface area contributed by atoms with E-state index in [2.05, 4.69) is 15.3 Å². The fourth-order valence-corrected chi connectivity index (χ4v) is 5.29. The van der Waals surface area contributed by atoms with Gasteiger partial charge in [0.2, 0.25) is 17.6 Å². The molecule has 0 aliphatic carbocycles. The number of benzene rings is 1. The number of piperidine rings is 2. The summed E-state index contributed by atoms with van der Waals surface area (Å²) < 4.78 is 54.5. The molecule has 2 saturated heterocycles. The first kappa shape index (κ1) is 27.7. The van der Waals surface area contributed by atoms with Crippen LogP contribution >= 0.6 is 11.6 Å². The largest absolute Gasteiger partial charge is 0.416 e. The molecule has 0 saturated carbocycles. The van der Waals surface area contributed by atoms with Crippen LogP contribution in [0.2, 0.25) is 5.02 Å². The van der Waals surface area contributed by atoms with Gasteiger partial charge in [0.05, 0.1) is 17.5 Å². The van der Waals surface area contributed by atoms with Crippen molar-refractivity contribution in [3.8, 4) is 0 Å². The second kappa shape index (κ2) is 10.8. The van der Waals surface area contributed by atoms with Gasteiger partial charge in [0.1, 0.15) is 12.4 Å². The first-order valence-corrected chi connectivity index (χ1v) is 12.4. The van der Waals surface area contributed by atoms with Gasteiger partial charge in [0.25, 0.3) is 0 Å². The van der Waals surface area contributed by atoms with Crippen LogP contribution in [0.15, 0.2) is 24.5 Å². The normalized spacial score (nSPS) is 22.4. The third-order valence-corrected chi connectivity index (χ3v) is 7.10. The van der Waals surface area contributed by atoms with Crippen molar-refractivity contribution in [1.82, 2.24) is 19.8 Å². The molecule has 9 nitrogen and oxygen atoms in total. The van der Waals surface area contributed by atoms with Gasteiger partial charge in [0, 0.05) is 44.4 Å². The van der Waals surface area contributed by atoms with E-state index in [1.807, 2.05) is 0 Å². The van der Waals surface area contributed by atoms with E-state index >= 15 is 0 Å². The Kier molecular flexibility index (Phi) is 7.86. The fraction of sp³-hybridized carbons (Fsp3) is 0.500. The number of nitrogen functional groups attached to an aromatic ring is 1. The fourth-order valence-electron chi connectivity index (χ4n) is 5.05. The Labute approximate surface area is 221 Å². The molecule has 3 unspecified atom stereocenters. The number of alkyl halides is 3. The zero-order valence-corrected chi connectivity index (χ0v) is 21.6. The predicted octanol–water partition coefficient (Wildman–Crippen LogP) is 3.26. The Morgan fingerprint density at radius 3 is 2.61 bits per heavy atom. The lowest BCUT2D eigenvalue weighted by molar-refractivity contribution is -0.143. The van der Waals surface area contributed by atoms with E-state index in [-0.39, 0.29) is 40.7 Å². The minimum Gasteiger partial charge on any atom is -0.381 e. The van der Waals surface area contributed by atoms with E-state index in [4.69, 9.17) is 17.3 Å². The maximum Gasteiger partial charge on any atom is 0.416 e. The Balaban J connectivity index is 1.61. The maximum absolute atomic E-state index is 14.7. The molecule has 4 rings (SSSR count). The molecule has 2 aliphatic rings. The zero-order valence-electron chi connectivity index (χ0n) is 20.8. The molecule has 38 heavy (non-hydrogen) atoms. The molecule has 2 aliphatic heterocycles. The first-order chi connectivity index (χ1) is 17.9. The summed E-state index contributed by atoms with van der Waals surface area (Å²) in [6, 6.07) is 1.58. The van der Waals surface area contributed by atoms with Gasteiger partial charge in [-0.15, -0.1) is 0 Å². The third kappa shape index (κ3) is 5.71. The molecule has 206 valence electrons. The number of hydrogen-bond acceptors (Lipinski definition) is 7. The summed E-state index contributed by atoms with van der Waals surface area (Å²) in [5.74, 6) is -2.21. The van der Waals surface area contributed by atoms with Crippen molar-refractivity contribution < 1.29 is 27.2 Å². The van der Waals surface area contributed by atoms with Crippen LogP contribution in [0.25, 0.3) is 0 Å². The average molecular weight is 558 g/mol. The van der Waals surface area contributed by atoms with E-state index in [1.165, 1.54) is 11.0 Å². The average Bonchev–Trinajstić information content (AvgIpc) is 2.85. The van der Waals surface area contributed by atoms with Crippen LogP contribution < -0.4 is 16.0 Å². The lowest BCUT2D eigenvalue weighted by Gasteiger charge is -2.47. The standard InChI is InChI=1S/C24H28ClF4N7O2/c1-34(2)22(37)16-5-7-35(21-19(26)20(30)31-12-32-21)11-18(16)36-6-3-4-17(23(36)38)33-15-9-13(24(27,28)29)8-14(25)10-15/h8-10,12,16-18,33H,3-7,11H2,1-2H3,(H2,30,31,32). The lowest BCUT2D eigenvalue weighted by Crippen LogP contribution is -2.62. The van der Waals surface area contributed by atoms with Crippen molar-refractivity contribution in [3.63, 3.8) is 0 Å². The van der Waals surface area contributed by atoms with Crippen molar-refractivity contribution in [2.24, 2.45) is 5.92 Å². The molecular weight excluding hydrogens is 530 g/mol. The Hall–Kier alpha value is -3.35. The van der Waals surface area contributed by atoms with Gasteiger partial charge < -0.3 is 25.8 Å². The van der Waals surface area contributed by atoms with Crippen LogP contribution in [-0.2, 0) is 15.8 Å². The second-order valence-electron chi connectivity index (χ2n) is 9.63. The van der Waals surface area contributed by atoms with E-state index in [0.29, 0.717) is 32.4 Å². The highest BCUT2D eigenvalue weighted by Crippen LogP contribution is 2.35. The summed E-state index contributed by atoms with van der Waals surface area (Å²) in [6.07, 6.45) is -2.20. The number of hydrogen-bond donors (Lipinski definition) is 2. The van der Waals surface area contributed by atoms with Crippen LogP contribution in [0.5, 0.6) is 0 Å². The topological polar surface area (TPSA) is 108 Å². The molecule has 0 spiro atoms. The Morgan fingerprint density at radius 1 is 1.18 bits per heavy atom. The van der Waals surface area contributed by atoms with Crippen LogP contribution in [-0.4, -0.2) is 77.4 Å². The van der Waals surface area contributed by atoms with Gasteiger partial charge >= 0.3 is 6.18 Å². The predicted molar refractivity (Wildman–Crippen MR) is 134 cm³/mol. The molecule has 3 atom stereocenters. The van der Waals surface area contributed by atoms with E-state index in [1.54, 1.807) is 23.9 Å². The summed E-state index contributed by atoms with van der Waals surface area (Å²) in [6.45, 7) is 0.760. The third-order valence-electron chi connectivity index (χ3n) is 6.88. The number of nitrogens with zero attached hydrogens (tertiary/aromatic N) is 5. The molecular formula is C24H28ClF4N7O2. The lowest BCUT2D eigenvalue weighted by atomic mass is 9.87. The number of carbonyl (C=O) groups is 2. The molecule has 2 aromatic rings. The van der Waals surface area contributed by atoms with Gasteiger partial charge in [0.15, 0.2) is 11.6 Å². The number of anilines is 3. The van der Waals surface area contributed by atoms with Crippen molar-refractivity contribution in [1.29, 1.82) is 0 Å². The first-order valence-electron chi connectivity index (χ1n) is 12.0. The number of halogens is 5. The van der Waals surface area contributed by atoms with E-state index in [0.717, 1.165) is 18.5 Å². The number of nitrogens with two attached hydrogens (primary N) is 1. The Bertz CT molecular complexity index is 1210. The zero-order chi connectivity index (χ0) is 27.8. The number of rotatable bonds is 5. The smallest absolute Gasteiger partial charge is 0.381 e. The summed E-state index contributed by atoms with van der Waals surface area (Å²) in [5, 5.41) is 2.78. The number of nitrogens with one attached hydrogen (secondary N) is 1. The van der Waals surface area contributed by atoms with Crippen LogP contribution in [0.1, 0.15) is 24.8 Å². The van der Waals surface area contributed by atoms with Crippen molar-refractivity contribution >= 4 is 40.7 Å². The maximum atomic E-state index is 14.7. The summed E-state index contributed by atoms with van der Waals surface area (Å²) >= 11 is 5.91. The molecule has 0 radical (unpaired) electrons. The SMILES string of the molecule is CN(C)C(=O)C1CCN(c2ncnc(N)c2F)CC1N1CCCC(Nc2cc(Cl)cc(C(F)(F)F)c2)C1=O. The minimum atomic E-state index is -4.60. The monoisotopic (exact) mass is 557 g/mol. The van der Waals surface area contributed by atoms with Crippen molar-refractivity contribution in [2.45, 2.75) is 37.5 Å². The van der Waals surface area contributed by atoms with Crippen LogP contribution in [0.4, 0.5) is 34.9 Å². The highest BCUT2D eigenvalue weighted by Gasteiger charge is 2.44. The summed E-state index contributed by atoms with van der Waals surface area (Å²) in [4.78, 5) is 39.0. The molecule has 1 aromatic carbocycles. The van der Waals surface area contributed by atoms with Gasteiger partial charge in [-0.2, -0.15) is 17.6 Å². The number of likely N-dealkylation sites (tertiary alicyclic amines) is 1. The molecule has 1 aromatic heterocycles. The van der Waals surface area contributed by atoms with Gasteiger partial charge in [-0.3, -0.25) is 9.59 Å². The summed E-state index contributed by atoms with van der Waals surface area (Å²) in [5.41, 5.74) is 4.75. The molecule has 2 fully saturated rings.